The van der Waals surface area contributed by atoms with Crippen LogP contribution in [-0.4, -0.2) is 86.1 Å². The predicted molar refractivity (Wildman–Crippen MR) is 73.2 cm³/mol. The molecule has 17 heavy (non-hydrogen) atoms. The first-order chi connectivity index (χ1) is 7.54. The summed E-state index contributed by atoms with van der Waals surface area (Å²) < 4.78 is 11.9. The Kier molecular flexibility index (Phi) is 7.64. The van der Waals surface area contributed by atoms with Crippen LogP contribution in [0.25, 0.3) is 0 Å². The van der Waals surface area contributed by atoms with Crippen molar-refractivity contribution < 1.29 is 5.71 Å². The first-order valence-corrected chi connectivity index (χ1v) is 8.70. The van der Waals surface area contributed by atoms with E-state index in [2.05, 4.69) is 65.7 Å². The zero-order chi connectivity index (χ0) is 13.7. The van der Waals surface area contributed by atoms with E-state index >= 15 is 0 Å². The molecule has 0 fully saturated rings. The van der Waals surface area contributed by atoms with Crippen molar-refractivity contribution in [2.24, 2.45) is 0 Å². The van der Waals surface area contributed by atoms with Crippen molar-refractivity contribution in [3.8, 4) is 0 Å². The van der Waals surface area contributed by atoms with Gasteiger partial charge in [-0.15, -0.1) is 0 Å². The van der Waals surface area contributed by atoms with Gasteiger partial charge in [-0.05, 0) is 0 Å². The molecular weight excluding hydrogens is 319 g/mol. The summed E-state index contributed by atoms with van der Waals surface area (Å²) in [5.74, 6) is 0. The Balaban J connectivity index is 3.97. The van der Waals surface area contributed by atoms with Crippen LogP contribution in [0.2, 0.25) is 0 Å². The molecule has 0 amide bonds. The van der Waals surface area contributed by atoms with Gasteiger partial charge in [0.05, 0.1) is 0 Å². The summed E-state index contributed by atoms with van der Waals surface area (Å²) >= 11 is -1.40. The van der Waals surface area contributed by atoms with E-state index in [-0.39, 0.29) is 11.2 Å². The molecule has 0 saturated heterocycles. The number of likely N-dealkylation sites (N-methyl/N-ethyl adjacent to an activating group) is 2. The Hall–Kier alpha value is 0.710. The minimum atomic E-state index is -1.40. The van der Waals surface area contributed by atoms with Crippen molar-refractivity contribution >= 4 is 23.8 Å². The van der Waals surface area contributed by atoms with Crippen LogP contribution in [-0.2, 0) is 5.71 Å². The van der Waals surface area contributed by atoms with Gasteiger partial charge in [0.15, 0.2) is 0 Å². The van der Waals surface area contributed by atoms with E-state index in [1.54, 1.807) is 0 Å². The fourth-order valence-corrected chi connectivity index (χ4v) is 3.93. The predicted octanol–water partition coefficient (Wildman–Crippen LogP) is 1.23. The second-order valence-electron chi connectivity index (χ2n) is 6.33. The molecule has 5 heteroatoms. The number of nitrogens with zero attached hydrogens (tertiary/aromatic N) is 2. The molecule has 0 atom stereocenters. The summed E-state index contributed by atoms with van der Waals surface area (Å²) in [6, 6.07) is 0. The van der Waals surface area contributed by atoms with Gasteiger partial charge in [0, 0.05) is 0 Å². The first kappa shape index (κ1) is 17.7. The molecule has 0 saturated carbocycles. The van der Waals surface area contributed by atoms with Gasteiger partial charge in [-0.2, -0.15) is 0 Å². The molecule has 0 heterocycles. The maximum atomic E-state index is 5.97. The number of rotatable bonds is 8. The van der Waals surface area contributed by atoms with Crippen molar-refractivity contribution in [2.75, 3.05) is 41.3 Å². The van der Waals surface area contributed by atoms with Crippen LogP contribution in [0.1, 0.15) is 27.7 Å². The Bertz CT molecular complexity index is 197. The van der Waals surface area contributed by atoms with Crippen LogP contribution in [0.3, 0.4) is 0 Å². The van der Waals surface area contributed by atoms with Crippen LogP contribution < -0.4 is 0 Å². The molecule has 0 rings (SSSR count). The van der Waals surface area contributed by atoms with Crippen LogP contribution >= 0.6 is 0 Å². The molecule has 0 spiro atoms. The van der Waals surface area contributed by atoms with Gasteiger partial charge in [0.25, 0.3) is 0 Å². The van der Waals surface area contributed by atoms with Gasteiger partial charge in [0.1, 0.15) is 0 Å². The Morgan fingerprint density at radius 2 is 1.06 bits per heavy atom. The van der Waals surface area contributed by atoms with Gasteiger partial charge in [-0.1, -0.05) is 0 Å². The average molecular weight is 347 g/mol. The van der Waals surface area contributed by atoms with E-state index in [4.69, 9.17) is 5.71 Å². The van der Waals surface area contributed by atoms with E-state index in [9.17, 15) is 0 Å². The maximum absolute atomic E-state index is 5.97. The molecule has 0 N–H and O–H groups in total. The summed E-state index contributed by atoms with van der Waals surface area (Å²) in [5.41, 5.74) is -0.197. The van der Waals surface area contributed by atoms with E-state index in [0.29, 0.717) is 0 Å². The van der Waals surface area contributed by atoms with Crippen LogP contribution in [0.4, 0.5) is 0 Å². The number of hydrogen-bond acceptors (Lipinski definition) is 4. The van der Waals surface area contributed by atoms with Crippen molar-refractivity contribution in [1.82, 2.24) is 9.80 Å². The molecule has 0 aliphatic rings. The second kappa shape index (κ2) is 7.34. The molecule has 0 bridgehead atoms. The second-order valence-corrected chi connectivity index (χ2v) is 8.22. The van der Waals surface area contributed by atoms with E-state index in [0.717, 1.165) is 13.1 Å². The number of hydrogen-bond donors (Lipinski definition) is 0. The molecule has 1 radical (unpaired) electrons. The molecule has 0 aromatic heterocycles. The van der Waals surface area contributed by atoms with Gasteiger partial charge >= 0.3 is 119 Å². The van der Waals surface area contributed by atoms with Crippen molar-refractivity contribution in [3.05, 3.63) is 0 Å². The van der Waals surface area contributed by atoms with E-state index < -0.39 is 23.8 Å². The molecule has 0 aliphatic carbocycles. The average Bonchev–Trinajstić information content (AvgIpc) is 1.96. The van der Waals surface area contributed by atoms with Gasteiger partial charge in [-0.3, -0.25) is 0 Å². The van der Waals surface area contributed by atoms with Crippen LogP contribution in [0, 0.1) is 0 Å². The van der Waals surface area contributed by atoms with Crippen LogP contribution in [0.5, 0.6) is 0 Å². The monoisotopic (exact) mass is 347 g/mol. The topological polar surface area (TPSA) is 24.9 Å². The van der Waals surface area contributed by atoms with Crippen LogP contribution in [0.15, 0.2) is 0 Å². The van der Waals surface area contributed by atoms with Gasteiger partial charge in [-0.25, -0.2) is 0 Å². The van der Waals surface area contributed by atoms with Gasteiger partial charge < -0.3 is 0 Å². The Morgan fingerprint density at radius 1 is 0.765 bits per heavy atom. The molecular formula is C12H28InN2O2. The SMILES string of the molecule is CN(C)CC(C)(C)[O][In][O]C(C)(C)CN(C)C. The third-order valence-corrected chi connectivity index (χ3v) is 6.32. The Morgan fingerprint density at radius 3 is 1.29 bits per heavy atom. The third kappa shape index (κ3) is 10.3. The van der Waals surface area contributed by atoms with Crippen molar-refractivity contribution in [2.45, 2.75) is 38.9 Å². The third-order valence-electron chi connectivity index (χ3n) is 2.13. The normalized spacial score (nSPS) is 13.5. The van der Waals surface area contributed by atoms with E-state index in [1.165, 1.54) is 0 Å². The van der Waals surface area contributed by atoms with Crippen molar-refractivity contribution in [1.29, 1.82) is 0 Å². The van der Waals surface area contributed by atoms with Crippen molar-refractivity contribution in [3.63, 3.8) is 0 Å². The standard InChI is InChI=1S/2C6H14NO.In/c2*1-6(2,8)5-7(3)4;/h2*5H2,1-4H3;/q2*-1;+2. The summed E-state index contributed by atoms with van der Waals surface area (Å²) in [6.45, 7) is 10.4. The minimum absolute atomic E-state index is 0.0984. The van der Waals surface area contributed by atoms with Gasteiger partial charge in [0.2, 0.25) is 0 Å². The quantitative estimate of drug-likeness (QED) is 0.660. The summed E-state index contributed by atoms with van der Waals surface area (Å²) in [7, 11) is 8.26. The molecule has 0 aromatic carbocycles. The Labute approximate surface area is 119 Å². The first-order valence-electron chi connectivity index (χ1n) is 6.01. The summed E-state index contributed by atoms with van der Waals surface area (Å²) in [5, 5.41) is 0. The molecule has 0 aromatic rings. The molecule has 0 unspecified atom stereocenters. The summed E-state index contributed by atoms with van der Waals surface area (Å²) in [4.78, 5) is 4.29. The zero-order valence-electron chi connectivity index (χ0n) is 12.7. The summed E-state index contributed by atoms with van der Waals surface area (Å²) in [6.07, 6.45) is 0. The zero-order valence-corrected chi connectivity index (χ0v) is 16.0. The van der Waals surface area contributed by atoms with E-state index in [1.807, 2.05) is 0 Å². The fraction of sp³-hybridized carbons (Fsp3) is 1.00. The molecule has 101 valence electrons. The molecule has 4 nitrogen and oxygen atoms in total. The fourth-order valence-electron chi connectivity index (χ4n) is 1.88. The molecule has 0 aliphatic heterocycles.